The summed E-state index contributed by atoms with van der Waals surface area (Å²) in [4.78, 5) is 15.7. The number of carbonyl (C=O) groups excluding carboxylic acids is 1. The minimum atomic E-state index is -0.935. The molecule has 0 radical (unpaired) electrons. The number of amides is 1. The SMILES string of the molecule is CC(C)=CCC/C(C)=C/CN1C(=O)[C@@]2(CC(C)=CC[C@@H](C)O2)c2c(Br)cccc21. The first-order chi connectivity index (χ1) is 13.7. The number of carbonyl (C=O) groups is 1. The molecule has 2 atom stereocenters. The van der Waals surface area contributed by atoms with E-state index < -0.39 is 5.60 Å². The average Bonchev–Trinajstić information content (AvgIpc) is 2.76. The second kappa shape index (κ2) is 9.01. The predicted molar refractivity (Wildman–Crippen MR) is 124 cm³/mol. The van der Waals surface area contributed by atoms with Crippen molar-refractivity contribution in [2.24, 2.45) is 0 Å². The largest absolute Gasteiger partial charge is 0.357 e. The molecule has 0 unspecified atom stereocenters. The Kier molecular flexibility index (Phi) is 6.85. The summed E-state index contributed by atoms with van der Waals surface area (Å²) in [7, 11) is 0. The summed E-state index contributed by atoms with van der Waals surface area (Å²) >= 11 is 3.71. The molecule has 1 aromatic rings. The van der Waals surface area contributed by atoms with Gasteiger partial charge in [-0.2, -0.15) is 0 Å². The Morgan fingerprint density at radius 2 is 2.07 bits per heavy atom. The molecule has 0 aromatic heterocycles. The van der Waals surface area contributed by atoms with Crippen LogP contribution in [0.3, 0.4) is 0 Å². The standard InChI is InChI=1S/C25H32BrNO2/c1-17(2)8-6-9-18(3)14-15-27-22-11-7-10-21(26)23(22)25(24(27)28)16-19(4)12-13-20(5)29-25/h7-8,10-12,14,20H,6,9,13,15-16H2,1-5H3/b18-14+/t20-,25-/m1/s1. The van der Waals surface area contributed by atoms with Crippen LogP contribution in [0.25, 0.3) is 0 Å². The monoisotopic (exact) mass is 457 g/mol. The molecule has 156 valence electrons. The third-order valence-corrected chi connectivity index (χ3v) is 6.38. The highest BCUT2D eigenvalue weighted by Crippen LogP contribution is 2.51. The molecule has 2 aliphatic rings. The molecule has 3 nitrogen and oxygen atoms in total. The van der Waals surface area contributed by atoms with Crippen LogP contribution >= 0.6 is 15.9 Å². The van der Waals surface area contributed by atoms with Crippen molar-refractivity contribution in [2.45, 2.75) is 72.0 Å². The number of rotatable bonds is 5. The van der Waals surface area contributed by atoms with E-state index in [-0.39, 0.29) is 12.0 Å². The molecule has 4 heteroatoms. The van der Waals surface area contributed by atoms with Crippen LogP contribution in [-0.4, -0.2) is 18.6 Å². The van der Waals surface area contributed by atoms with Crippen molar-refractivity contribution in [3.63, 3.8) is 0 Å². The zero-order valence-corrected chi connectivity index (χ0v) is 19.8. The summed E-state index contributed by atoms with van der Waals surface area (Å²) in [6, 6.07) is 6.04. The highest BCUT2D eigenvalue weighted by molar-refractivity contribution is 9.10. The van der Waals surface area contributed by atoms with Crippen molar-refractivity contribution in [3.8, 4) is 0 Å². The number of nitrogens with zero attached hydrogens (tertiary/aromatic N) is 1. The first kappa shape index (κ1) is 22.0. The van der Waals surface area contributed by atoms with Gasteiger partial charge >= 0.3 is 0 Å². The predicted octanol–water partition coefficient (Wildman–Crippen LogP) is 6.83. The first-order valence-electron chi connectivity index (χ1n) is 10.5. The average molecular weight is 458 g/mol. The summed E-state index contributed by atoms with van der Waals surface area (Å²) in [5, 5.41) is 0. The van der Waals surface area contributed by atoms with Crippen molar-refractivity contribution in [1.29, 1.82) is 0 Å². The number of ether oxygens (including phenoxy) is 1. The maximum absolute atomic E-state index is 13.8. The molecule has 29 heavy (non-hydrogen) atoms. The highest BCUT2D eigenvalue weighted by atomic mass is 79.9. The molecule has 2 aliphatic heterocycles. The van der Waals surface area contributed by atoms with Crippen LogP contribution in [0, 0.1) is 0 Å². The number of hydrogen-bond acceptors (Lipinski definition) is 2. The molecule has 0 saturated heterocycles. The van der Waals surface area contributed by atoms with Crippen LogP contribution in [-0.2, 0) is 15.1 Å². The second-order valence-corrected chi connectivity index (χ2v) is 9.49. The lowest BCUT2D eigenvalue weighted by Crippen LogP contribution is -2.44. The summed E-state index contributed by atoms with van der Waals surface area (Å²) in [6.45, 7) is 11.1. The van der Waals surface area contributed by atoms with E-state index in [2.05, 4.69) is 68.8 Å². The van der Waals surface area contributed by atoms with Crippen LogP contribution in [0.15, 0.2) is 57.6 Å². The first-order valence-corrected chi connectivity index (χ1v) is 11.3. The maximum Gasteiger partial charge on any atom is 0.264 e. The van der Waals surface area contributed by atoms with Gasteiger partial charge in [0, 0.05) is 23.0 Å². The lowest BCUT2D eigenvalue weighted by atomic mass is 9.88. The molecular formula is C25H32BrNO2. The second-order valence-electron chi connectivity index (χ2n) is 8.64. The van der Waals surface area contributed by atoms with Crippen LogP contribution in [0.1, 0.15) is 65.9 Å². The molecular weight excluding hydrogens is 426 g/mol. The molecule has 0 N–H and O–H groups in total. The Bertz CT molecular complexity index is 879. The molecule has 2 heterocycles. The van der Waals surface area contributed by atoms with E-state index in [4.69, 9.17) is 4.74 Å². The number of hydrogen-bond donors (Lipinski definition) is 0. The van der Waals surface area contributed by atoms with Gasteiger partial charge in [0.05, 0.1) is 11.8 Å². The van der Waals surface area contributed by atoms with Crippen LogP contribution < -0.4 is 4.90 Å². The topological polar surface area (TPSA) is 29.5 Å². The fraction of sp³-hybridized carbons (Fsp3) is 0.480. The zero-order chi connectivity index (χ0) is 21.2. The van der Waals surface area contributed by atoms with Gasteiger partial charge in [-0.3, -0.25) is 4.79 Å². The fourth-order valence-corrected chi connectivity index (χ4v) is 4.91. The smallest absolute Gasteiger partial charge is 0.264 e. The van der Waals surface area contributed by atoms with Crippen LogP contribution in [0.5, 0.6) is 0 Å². The zero-order valence-electron chi connectivity index (χ0n) is 18.2. The van der Waals surface area contributed by atoms with Crippen LogP contribution in [0.2, 0.25) is 0 Å². The minimum absolute atomic E-state index is 0.00217. The Morgan fingerprint density at radius 1 is 1.31 bits per heavy atom. The normalized spacial score (nSPS) is 24.4. The Labute approximate surface area is 183 Å². The van der Waals surface area contributed by atoms with E-state index in [1.807, 2.05) is 23.1 Å². The van der Waals surface area contributed by atoms with Crippen LogP contribution in [0.4, 0.5) is 5.69 Å². The number of fused-ring (bicyclic) bond motifs is 2. The summed E-state index contributed by atoms with van der Waals surface area (Å²) < 4.78 is 7.42. The van der Waals surface area contributed by atoms with E-state index in [1.165, 1.54) is 16.7 Å². The molecule has 1 spiro atoms. The van der Waals surface area contributed by atoms with Gasteiger partial charge in [0.1, 0.15) is 0 Å². The molecule has 0 saturated carbocycles. The number of halogens is 1. The number of anilines is 1. The van der Waals surface area contributed by atoms with Gasteiger partial charge in [0.15, 0.2) is 5.60 Å². The number of benzene rings is 1. The van der Waals surface area contributed by atoms with Gasteiger partial charge in [0.25, 0.3) is 5.91 Å². The molecule has 1 aromatic carbocycles. The van der Waals surface area contributed by atoms with Gasteiger partial charge in [-0.25, -0.2) is 0 Å². The summed E-state index contributed by atoms with van der Waals surface area (Å²) in [6.07, 6.45) is 10.1. The van der Waals surface area contributed by atoms with Crippen molar-refractivity contribution < 1.29 is 9.53 Å². The van der Waals surface area contributed by atoms with E-state index in [0.29, 0.717) is 13.0 Å². The van der Waals surface area contributed by atoms with Crippen molar-refractivity contribution in [2.75, 3.05) is 11.4 Å². The van der Waals surface area contributed by atoms with Gasteiger partial charge in [-0.05, 0) is 66.0 Å². The van der Waals surface area contributed by atoms with E-state index in [9.17, 15) is 4.79 Å². The highest BCUT2D eigenvalue weighted by Gasteiger charge is 2.54. The van der Waals surface area contributed by atoms with E-state index >= 15 is 0 Å². The van der Waals surface area contributed by atoms with E-state index in [0.717, 1.165) is 35.0 Å². The van der Waals surface area contributed by atoms with Crippen molar-refractivity contribution >= 4 is 27.5 Å². The third kappa shape index (κ3) is 4.59. The molecule has 3 rings (SSSR count). The van der Waals surface area contributed by atoms with E-state index in [1.54, 1.807) is 0 Å². The summed E-state index contributed by atoms with van der Waals surface area (Å²) in [5.41, 5.74) is 4.85. The Balaban J connectivity index is 1.93. The van der Waals surface area contributed by atoms with Gasteiger partial charge in [-0.15, -0.1) is 0 Å². The van der Waals surface area contributed by atoms with Crippen molar-refractivity contribution in [1.82, 2.24) is 0 Å². The maximum atomic E-state index is 13.8. The van der Waals surface area contributed by atoms with Gasteiger partial charge in [-0.1, -0.05) is 56.9 Å². The quantitative estimate of drug-likeness (QED) is 0.453. The molecule has 0 fully saturated rings. The molecule has 1 amide bonds. The van der Waals surface area contributed by atoms with Gasteiger partial charge < -0.3 is 9.64 Å². The Hall–Kier alpha value is -1.65. The molecule has 0 bridgehead atoms. The minimum Gasteiger partial charge on any atom is -0.357 e. The number of allylic oxidation sites excluding steroid dienone is 3. The molecule has 0 aliphatic carbocycles. The lowest BCUT2D eigenvalue weighted by molar-refractivity contribution is -0.150. The summed E-state index contributed by atoms with van der Waals surface area (Å²) in [5.74, 6) is 0.0502. The fourth-order valence-electron chi connectivity index (χ4n) is 4.23. The third-order valence-electron chi connectivity index (χ3n) is 5.72. The Morgan fingerprint density at radius 3 is 2.79 bits per heavy atom. The van der Waals surface area contributed by atoms with Gasteiger partial charge in [0.2, 0.25) is 0 Å². The lowest BCUT2D eigenvalue weighted by Gasteiger charge is -2.31. The van der Waals surface area contributed by atoms with Crippen molar-refractivity contribution in [3.05, 3.63) is 63.2 Å².